The molecule has 2 aromatic carbocycles. The van der Waals surface area contributed by atoms with Crippen LogP contribution >= 0.6 is 0 Å². The lowest BCUT2D eigenvalue weighted by Gasteiger charge is -2.13. The van der Waals surface area contributed by atoms with Crippen LogP contribution in [0.15, 0.2) is 41.0 Å². The van der Waals surface area contributed by atoms with Gasteiger partial charge >= 0.3 is 5.97 Å². The normalized spacial score (nSPS) is 14.3. The van der Waals surface area contributed by atoms with Crippen LogP contribution < -0.4 is 23.7 Å². The number of nitrogens with zero attached hydrogens (tertiary/aromatic N) is 1. The van der Waals surface area contributed by atoms with E-state index >= 15 is 0 Å². The molecule has 1 aliphatic rings. The number of methoxy groups -OCH3 is 5. The fourth-order valence-electron chi connectivity index (χ4n) is 2.84. The van der Waals surface area contributed by atoms with Gasteiger partial charge in [0, 0.05) is 11.1 Å². The summed E-state index contributed by atoms with van der Waals surface area (Å²) in [4.78, 5) is 16.7. The summed E-state index contributed by atoms with van der Waals surface area (Å²) in [7, 11) is 7.62. The van der Waals surface area contributed by atoms with Crippen LogP contribution in [0.5, 0.6) is 28.7 Å². The summed E-state index contributed by atoms with van der Waals surface area (Å²) in [5.41, 5.74) is 1.27. The average molecular weight is 399 g/mol. The van der Waals surface area contributed by atoms with E-state index in [1.165, 1.54) is 21.3 Å². The zero-order valence-corrected chi connectivity index (χ0v) is 16.8. The van der Waals surface area contributed by atoms with E-state index in [0.29, 0.717) is 39.9 Å². The van der Waals surface area contributed by atoms with E-state index in [9.17, 15) is 4.79 Å². The number of benzene rings is 2. The molecule has 1 aliphatic heterocycles. The highest BCUT2D eigenvalue weighted by Gasteiger charge is 2.27. The van der Waals surface area contributed by atoms with Crippen molar-refractivity contribution in [1.82, 2.24) is 0 Å². The minimum Gasteiger partial charge on any atom is -0.497 e. The van der Waals surface area contributed by atoms with E-state index < -0.39 is 5.97 Å². The Bertz CT molecular complexity index is 970. The first kappa shape index (κ1) is 20.1. The van der Waals surface area contributed by atoms with Crippen molar-refractivity contribution in [3.63, 3.8) is 0 Å². The van der Waals surface area contributed by atoms with Crippen LogP contribution in [0.1, 0.15) is 11.1 Å². The van der Waals surface area contributed by atoms with Crippen molar-refractivity contribution in [3.8, 4) is 28.7 Å². The molecule has 29 heavy (non-hydrogen) atoms. The maximum absolute atomic E-state index is 12.4. The van der Waals surface area contributed by atoms with Crippen molar-refractivity contribution in [3.05, 3.63) is 47.2 Å². The third-order valence-corrected chi connectivity index (χ3v) is 4.26. The Balaban J connectivity index is 2.04. The van der Waals surface area contributed by atoms with E-state index in [1.54, 1.807) is 50.6 Å². The van der Waals surface area contributed by atoms with Gasteiger partial charge in [-0.25, -0.2) is 9.79 Å². The molecule has 0 saturated heterocycles. The molecule has 2 aromatic rings. The Morgan fingerprint density at radius 2 is 1.48 bits per heavy atom. The van der Waals surface area contributed by atoms with Crippen LogP contribution in [0.3, 0.4) is 0 Å². The predicted molar refractivity (Wildman–Crippen MR) is 106 cm³/mol. The summed E-state index contributed by atoms with van der Waals surface area (Å²) in [6.45, 7) is 0. The topological polar surface area (TPSA) is 84.8 Å². The van der Waals surface area contributed by atoms with E-state index in [0.717, 1.165) is 0 Å². The first-order valence-corrected chi connectivity index (χ1v) is 8.59. The molecule has 3 rings (SSSR count). The number of carbonyl (C=O) groups excluding carboxylic acids is 1. The van der Waals surface area contributed by atoms with Gasteiger partial charge in [0.05, 0.1) is 35.5 Å². The molecule has 0 amide bonds. The summed E-state index contributed by atoms with van der Waals surface area (Å²) in [6.07, 6.45) is 1.58. The maximum Gasteiger partial charge on any atom is 0.363 e. The number of cyclic esters (lactones) is 1. The second-order valence-corrected chi connectivity index (χ2v) is 5.86. The van der Waals surface area contributed by atoms with Gasteiger partial charge in [0.2, 0.25) is 11.6 Å². The van der Waals surface area contributed by atoms with Crippen LogP contribution in [-0.2, 0) is 9.53 Å². The van der Waals surface area contributed by atoms with Crippen LogP contribution in [-0.4, -0.2) is 47.4 Å². The molecule has 0 atom stereocenters. The number of hydrogen-bond donors (Lipinski definition) is 0. The van der Waals surface area contributed by atoms with Gasteiger partial charge in [0.15, 0.2) is 17.2 Å². The summed E-state index contributed by atoms with van der Waals surface area (Å²) < 4.78 is 31.9. The lowest BCUT2D eigenvalue weighted by molar-refractivity contribution is -0.129. The Kier molecular flexibility index (Phi) is 5.92. The van der Waals surface area contributed by atoms with Crippen molar-refractivity contribution in [2.75, 3.05) is 35.5 Å². The third kappa shape index (κ3) is 3.96. The first-order chi connectivity index (χ1) is 14.0. The van der Waals surface area contributed by atoms with E-state index in [4.69, 9.17) is 28.4 Å². The van der Waals surface area contributed by atoms with Crippen molar-refractivity contribution in [2.24, 2.45) is 4.99 Å². The van der Waals surface area contributed by atoms with Crippen LogP contribution in [0.4, 0.5) is 0 Å². The Morgan fingerprint density at radius 3 is 2.03 bits per heavy atom. The van der Waals surface area contributed by atoms with Gasteiger partial charge in [-0.2, -0.15) is 0 Å². The zero-order valence-electron chi connectivity index (χ0n) is 16.8. The van der Waals surface area contributed by atoms with E-state index in [-0.39, 0.29) is 11.6 Å². The highest BCUT2D eigenvalue weighted by atomic mass is 16.6. The number of carbonyl (C=O) groups is 1. The second kappa shape index (κ2) is 8.55. The molecule has 152 valence electrons. The van der Waals surface area contributed by atoms with Gasteiger partial charge in [0.1, 0.15) is 11.5 Å². The largest absolute Gasteiger partial charge is 0.497 e. The SMILES string of the molecule is COc1ccc(OC)c(/C=C2\N=C(c3cc(OC)c(OC)c(OC)c3)OC2=O)c1. The molecule has 0 radical (unpaired) electrons. The minimum absolute atomic E-state index is 0.125. The van der Waals surface area contributed by atoms with Crippen molar-refractivity contribution in [2.45, 2.75) is 0 Å². The number of hydrogen-bond acceptors (Lipinski definition) is 8. The molecule has 1 heterocycles. The van der Waals surface area contributed by atoms with Crippen molar-refractivity contribution < 1.29 is 33.2 Å². The fourth-order valence-corrected chi connectivity index (χ4v) is 2.84. The van der Waals surface area contributed by atoms with Gasteiger partial charge in [-0.05, 0) is 36.4 Å². The quantitative estimate of drug-likeness (QED) is 0.522. The third-order valence-electron chi connectivity index (χ3n) is 4.26. The minimum atomic E-state index is -0.585. The van der Waals surface area contributed by atoms with Gasteiger partial charge in [-0.15, -0.1) is 0 Å². The Hall–Kier alpha value is -3.68. The number of esters is 1. The first-order valence-electron chi connectivity index (χ1n) is 8.59. The highest BCUT2D eigenvalue weighted by Crippen LogP contribution is 2.39. The molecule has 0 aliphatic carbocycles. The molecule has 0 unspecified atom stereocenters. The Morgan fingerprint density at radius 1 is 0.828 bits per heavy atom. The number of aliphatic imine (C=N–C) groups is 1. The highest BCUT2D eigenvalue weighted by molar-refractivity contribution is 6.13. The lowest BCUT2D eigenvalue weighted by atomic mass is 10.1. The van der Waals surface area contributed by atoms with Crippen LogP contribution in [0.25, 0.3) is 6.08 Å². The van der Waals surface area contributed by atoms with Gasteiger partial charge in [-0.3, -0.25) is 0 Å². The van der Waals surface area contributed by atoms with Gasteiger partial charge < -0.3 is 28.4 Å². The molecule has 0 bridgehead atoms. The second-order valence-electron chi connectivity index (χ2n) is 5.86. The van der Waals surface area contributed by atoms with Gasteiger partial charge in [0.25, 0.3) is 0 Å². The standard InChI is InChI=1S/C21H21NO7/c1-24-14-6-7-16(25-2)12(8-14)9-15-21(23)29-20(22-15)13-10-17(26-3)19(28-5)18(11-13)27-4/h6-11H,1-5H3/b15-9-. The average Bonchev–Trinajstić information content (AvgIpc) is 3.12. The summed E-state index contributed by atoms with van der Waals surface area (Å²) in [6, 6.07) is 8.56. The molecule has 8 nitrogen and oxygen atoms in total. The summed E-state index contributed by atoms with van der Waals surface area (Å²) >= 11 is 0. The fraction of sp³-hybridized carbons (Fsp3) is 0.238. The molecule has 0 aromatic heterocycles. The van der Waals surface area contributed by atoms with Crippen LogP contribution in [0, 0.1) is 0 Å². The lowest BCUT2D eigenvalue weighted by Crippen LogP contribution is -2.07. The molecule has 8 heteroatoms. The molecule has 0 fully saturated rings. The smallest absolute Gasteiger partial charge is 0.363 e. The molecule has 0 saturated carbocycles. The molecular weight excluding hydrogens is 378 g/mol. The summed E-state index contributed by atoms with van der Waals surface area (Å²) in [5.74, 6) is 2.02. The maximum atomic E-state index is 12.4. The van der Waals surface area contributed by atoms with Crippen molar-refractivity contribution >= 4 is 17.9 Å². The monoisotopic (exact) mass is 399 g/mol. The molecule has 0 N–H and O–H groups in total. The molecular formula is C21H21NO7. The number of rotatable bonds is 7. The van der Waals surface area contributed by atoms with Gasteiger partial charge in [-0.1, -0.05) is 0 Å². The number of ether oxygens (including phenoxy) is 6. The predicted octanol–water partition coefficient (Wildman–Crippen LogP) is 3.07. The Labute approximate surface area is 168 Å². The van der Waals surface area contributed by atoms with Crippen molar-refractivity contribution in [1.29, 1.82) is 0 Å². The summed E-state index contributed by atoms with van der Waals surface area (Å²) in [5, 5.41) is 0. The van der Waals surface area contributed by atoms with Crippen LogP contribution in [0.2, 0.25) is 0 Å². The van der Waals surface area contributed by atoms with E-state index in [1.807, 2.05) is 0 Å². The zero-order chi connectivity index (χ0) is 21.0. The van der Waals surface area contributed by atoms with E-state index in [2.05, 4.69) is 4.99 Å². The molecule has 0 spiro atoms.